The number of hydrogen-bond acceptors (Lipinski definition) is 5. The highest BCUT2D eigenvalue weighted by Crippen LogP contribution is 2.28. The first-order chi connectivity index (χ1) is 8.41. The van der Waals surface area contributed by atoms with Gasteiger partial charge in [0.15, 0.2) is 0 Å². The van der Waals surface area contributed by atoms with Crippen molar-refractivity contribution < 1.29 is 22.6 Å². The van der Waals surface area contributed by atoms with Crippen LogP contribution in [0.1, 0.15) is 11.1 Å². The van der Waals surface area contributed by atoms with E-state index in [1.165, 1.54) is 7.11 Å². The Morgan fingerprint density at radius 2 is 2.17 bits per heavy atom. The van der Waals surface area contributed by atoms with Crippen LogP contribution >= 0.6 is 0 Å². The van der Waals surface area contributed by atoms with Crippen molar-refractivity contribution in [3.63, 3.8) is 0 Å². The molecule has 0 atom stereocenters. The number of hydrogen-bond donors (Lipinski definition) is 1. The van der Waals surface area contributed by atoms with Crippen molar-refractivity contribution in [3.8, 4) is 17.8 Å². The van der Waals surface area contributed by atoms with Gasteiger partial charge in [0.1, 0.15) is 0 Å². The smallest absolute Gasteiger partial charge is 0.481 e. The lowest BCUT2D eigenvalue weighted by Crippen LogP contribution is -2.19. The SMILES string of the molecule is COc1nc(OC(F)(F)F)cc(CC#N)c1CN. The van der Waals surface area contributed by atoms with E-state index in [1.807, 2.05) is 6.07 Å². The molecule has 1 rings (SSSR count). The van der Waals surface area contributed by atoms with Gasteiger partial charge in [0, 0.05) is 18.2 Å². The van der Waals surface area contributed by atoms with Crippen molar-refractivity contribution in [2.75, 3.05) is 7.11 Å². The summed E-state index contributed by atoms with van der Waals surface area (Å²) in [5.74, 6) is -0.758. The molecule has 1 heterocycles. The first-order valence-corrected chi connectivity index (χ1v) is 4.80. The number of nitrogens with zero attached hydrogens (tertiary/aromatic N) is 2. The van der Waals surface area contributed by atoms with Crippen LogP contribution in [0.5, 0.6) is 11.8 Å². The molecular formula is C10H10F3N3O2. The summed E-state index contributed by atoms with van der Waals surface area (Å²) < 4.78 is 44.8. The molecule has 0 amide bonds. The van der Waals surface area contributed by atoms with Gasteiger partial charge in [0.2, 0.25) is 11.8 Å². The Balaban J connectivity index is 3.23. The van der Waals surface area contributed by atoms with Gasteiger partial charge in [-0.15, -0.1) is 13.2 Å². The Labute approximate surface area is 101 Å². The van der Waals surface area contributed by atoms with E-state index in [9.17, 15) is 13.2 Å². The standard InChI is InChI=1S/C10H10F3N3O2/c1-17-9-7(5-15)6(2-3-14)4-8(16-9)18-10(11,12)13/h4H,2,5,15H2,1H3. The maximum Gasteiger partial charge on any atom is 0.574 e. The van der Waals surface area contributed by atoms with Crippen LogP contribution in [0.25, 0.3) is 0 Å². The van der Waals surface area contributed by atoms with Crippen molar-refractivity contribution in [1.29, 1.82) is 5.26 Å². The average molecular weight is 261 g/mol. The lowest BCUT2D eigenvalue weighted by Gasteiger charge is -2.13. The number of pyridine rings is 1. The van der Waals surface area contributed by atoms with E-state index in [0.717, 1.165) is 6.07 Å². The molecule has 0 aliphatic rings. The van der Waals surface area contributed by atoms with Gasteiger partial charge in [0.05, 0.1) is 19.6 Å². The van der Waals surface area contributed by atoms with Gasteiger partial charge < -0.3 is 15.2 Å². The third kappa shape index (κ3) is 3.49. The zero-order valence-electron chi connectivity index (χ0n) is 9.41. The van der Waals surface area contributed by atoms with Crippen LogP contribution in [0.3, 0.4) is 0 Å². The molecule has 0 radical (unpaired) electrons. The fourth-order valence-electron chi connectivity index (χ4n) is 1.37. The predicted molar refractivity (Wildman–Crippen MR) is 54.7 cm³/mol. The summed E-state index contributed by atoms with van der Waals surface area (Å²) in [6, 6.07) is 2.85. The Morgan fingerprint density at radius 1 is 1.50 bits per heavy atom. The summed E-state index contributed by atoms with van der Waals surface area (Å²) in [5.41, 5.74) is 6.12. The summed E-state index contributed by atoms with van der Waals surface area (Å²) in [6.07, 6.45) is -4.97. The molecule has 0 bridgehead atoms. The highest BCUT2D eigenvalue weighted by molar-refractivity contribution is 5.40. The van der Waals surface area contributed by atoms with E-state index in [4.69, 9.17) is 15.7 Å². The van der Waals surface area contributed by atoms with Crippen molar-refractivity contribution in [1.82, 2.24) is 4.98 Å². The largest absolute Gasteiger partial charge is 0.574 e. The average Bonchev–Trinajstić information content (AvgIpc) is 2.26. The highest BCUT2D eigenvalue weighted by atomic mass is 19.4. The molecule has 0 aromatic carbocycles. The van der Waals surface area contributed by atoms with Crippen LogP contribution in [-0.4, -0.2) is 18.5 Å². The van der Waals surface area contributed by atoms with E-state index >= 15 is 0 Å². The van der Waals surface area contributed by atoms with Crippen molar-refractivity contribution in [3.05, 3.63) is 17.2 Å². The van der Waals surface area contributed by atoms with E-state index in [2.05, 4.69) is 9.72 Å². The molecule has 5 nitrogen and oxygen atoms in total. The van der Waals surface area contributed by atoms with Crippen LogP contribution in [-0.2, 0) is 13.0 Å². The number of nitriles is 1. The van der Waals surface area contributed by atoms with E-state index in [-0.39, 0.29) is 18.8 Å². The van der Waals surface area contributed by atoms with Crippen molar-refractivity contribution in [2.45, 2.75) is 19.3 Å². The molecule has 1 aromatic rings. The molecule has 98 valence electrons. The Hall–Kier alpha value is -2.01. The topological polar surface area (TPSA) is 81.2 Å². The molecule has 0 aliphatic heterocycles. The number of methoxy groups -OCH3 is 1. The molecule has 0 aliphatic carbocycles. The number of ether oxygens (including phenoxy) is 2. The predicted octanol–water partition coefficient (Wildman–Crippen LogP) is 1.51. The van der Waals surface area contributed by atoms with Gasteiger partial charge in [-0.05, 0) is 5.56 Å². The number of nitrogens with two attached hydrogens (primary N) is 1. The first-order valence-electron chi connectivity index (χ1n) is 4.80. The molecule has 0 fully saturated rings. The fraction of sp³-hybridized carbons (Fsp3) is 0.400. The fourth-order valence-corrected chi connectivity index (χ4v) is 1.37. The Morgan fingerprint density at radius 3 is 2.61 bits per heavy atom. The second-order valence-electron chi connectivity index (χ2n) is 3.19. The maximum atomic E-state index is 12.1. The third-order valence-corrected chi connectivity index (χ3v) is 2.04. The van der Waals surface area contributed by atoms with Crippen molar-refractivity contribution in [2.24, 2.45) is 5.73 Å². The second kappa shape index (κ2) is 5.55. The lowest BCUT2D eigenvalue weighted by atomic mass is 10.1. The summed E-state index contributed by atoms with van der Waals surface area (Å²) >= 11 is 0. The highest BCUT2D eigenvalue weighted by Gasteiger charge is 2.32. The minimum absolute atomic E-state index is 0.000511. The molecule has 0 unspecified atom stereocenters. The zero-order valence-corrected chi connectivity index (χ0v) is 9.41. The van der Waals surface area contributed by atoms with E-state index in [0.29, 0.717) is 11.1 Å². The minimum atomic E-state index is -4.86. The van der Waals surface area contributed by atoms with Gasteiger partial charge in [-0.1, -0.05) is 0 Å². The molecule has 8 heteroatoms. The molecule has 2 N–H and O–H groups in total. The van der Waals surface area contributed by atoms with Crippen LogP contribution < -0.4 is 15.2 Å². The molecule has 0 saturated heterocycles. The minimum Gasteiger partial charge on any atom is -0.481 e. The monoisotopic (exact) mass is 261 g/mol. The van der Waals surface area contributed by atoms with Gasteiger partial charge >= 0.3 is 6.36 Å². The molecule has 18 heavy (non-hydrogen) atoms. The third-order valence-electron chi connectivity index (χ3n) is 2.04. The van der Waals surface area contributed by atoms with Crippen LogP contribution in [0.2, 0.25) is 0 Å². The van der Waals surface area contributed by atoms with E-state index in [1.54, 1.807) is 0 Å². The van der Waals surface area contributed by atoms with Crippen LogP contribution in [0, 0.1) is 11.3 Å². The summed E-state index contributed by atoms with van der Waals surface area (Å²) in [7, 11) is 1.25. The van der Waals surface area contributed by atoms with Crippen LogP contribution in [0.15, 0.2) is 6.07 Å². The maximum absolute atomic E-state index is 12.1. The molecule has 1 aromatic heterocycles. The van der Waals surface area contributed by atoms with Gasteiger partial charge in [0.25, 0.3) is 0 Å². The van der Waals surface area contributed by atoms with Gasteiger partial charge in [-0.2, -0.15) is 10.2 Å². The van der Waals surface area contributed by atoms with Crippen molar-refractivity contribution >= 4 is 0 Å². The van der Waals surface area contributed by atoms with E-state index < -0.39 is 12.2 Å². The summed E-state index contributed by atoms with van der Waals surface area (Å²) in [4.78, 5) is 3.54. The summed E-state index contributed by atoms with van der Waals surface area (Å²) in [5, 5.41) is 8.61. The van der Waals surface area contributed by atoms with Gasteiger partial charge in [-0.25, -0.2) is 0 Å². The Kier molecular flexibility index (Phi) is 4.33. The normalized spacial score (nSPS) is 10.9. The number of halogens is 3. The zero-order chi connectivity index (χ0) is 13.8. The molecular weight excluding hydrogens is 251 g/mol. The van der Waals surface area contributed by atoms with Gasteiger partial charge in [-0.3, -0.25) is 0 Å². The van der Waals surface area contributed by atoms with Crippen LogP contribution in [0.4, 0.5) is 13.2 Å². The number of rotatable bonds is 4. The number of aromatic nitrogens is 1. The first kappa shape index (κ1) is 14.1. The second-order valence-corrected chi connectivity index (χ2v) is 3.19. The number of alkyl halides is 3. The molecule has 0 spiro atoms. The molecule has 0 saturated carbocycles. The quantitative estimate of drug-likeness (QED) is 0.888. The Bertz CT molecular complexity index is 469. The summed E-state index contributed by atoms with van der Waals surface area (Å²) in [6.45, 7) is -0.000511. The lowest BCUT2D eigenvalue weighted by molar-refractivity contribution is -0.276.